The molecule has 0 aromatic heterocycles. The highest BCUT2D eigenvalue weighted by Gasteiger charge is 2.36. The molecule has 2 nitrogen and oxygen atoms in total. The zero-order valence-corrected chi connectivity index (χ0v) is 9.59. The van der Waals surface area contributed by atoms with Crippen molar-refractivity contribution in [1.82, 2.24) is 0 Å². The Morgan fingerprint density at radius 1 is 1.38 bits per heavy atom. The highest BCUT2D eigenvalue weighted by molar-refractivity contribution is 5.40. The second kappa shape index (κ2) is 4.06. The number of hydrogen-bond acceptors (Lipinski definition) is 2. The monoisotopic (exact) mass is 223 g/mol. The Morgan fingerprint density at radius 3 is 2.56 bits per heavy atom. The maximum Gasteiger partial charge on any atom is 0.130 e. The number of phenolic OH excluding ortho intramolecular Hbond substituents is 1. The molecule has 0 saturated heterocycles. The van der Waals surface area contributed by atoms with E-state index in [1.807, 2.05) is 0 Å². The first-order chi connectivity index (χ1) is 7.59. The van der Waals surface area contributed by atoms with Gasteiger partial charge in [-0.3, -0.25) is 0 Å². The van der Waals surface area contributed by atoms with E-state index in [0.717, 1.165) is 31.2 Å². The Bertz CT molecular complexity index is 397. The lowest BCUT2D eigenvalue weighted by atomic mass is 9.78. The van der Waals surface area contributed by atoms with Crippen LogP contribution in [0.2, 0.25) is 0 Å². The van der Waals surface area contributed by atoms with Crippen LogP contribution in [0, 0.1) is 12.7 Å². The lowest BCUT2D eigenvalue weighted by Crippen LogP contribution is -2.33. The molecule has 0 spiro atoms. The number of nitrogens with two attached hydrogens (primary N) is 1. The maximum absolute atomic E-state index is 13.9. The summed E-state index contributed by atoms with van der Waals surface area (Å²) in [6, 6.07) is 2.96. The van der Waals surface area contributed by atoms with Crippen LogP contribution in [0.1, 0.15) is 36.8 Å². The Balaban J connectivity index is 2.50. The molecule has 0 unspecified atom stereocenters. The van der Waals surface area contributed by atoms with Gasteiger partial charge in [0.25, 0.3) is 0 Å². The third kappa shape index (κ3) is 1.69. The number of rotatable bonds is 2. The molecule has 1 aromatic carbocycles. The fraction of sp³-hybridized carbons (Fsp3) is 0.538. The van der Waals surface area contributed by atoms with E-state index in [1.54, 1.807) is 13.0 Å². The van der Waals surface area contributed by atoms with Crippen LogP contribution in [-0.2, 0) is 5.41 Å². The van der Waals surface area contributed by atoms with Crippen molar-refractivity contribution in [3.63, 3.8) is 0 Å². The van der Waals surface area contributed by atoms with Crippen LogP contribution >= 0.6 is 0 Å². The SMILES string of the molecule is Cc1cc(C2(CN)CCCC2)c(F)cc1O. The third-order valence-electron chi connectivity index (χ3n) is 3.81. The normalized spacial score (nSPS) is 18.9. The van der Waals surface area contributed by atoms with E-state index in [9.17, 15) is 9.50 Å². The molecular weight excluding hydrogens is 205 g/mol. The summed E-state index contributed by atoms with van der Waals surface area (Å²) in [7, 11) is 0. The average molecular weight is 223 g/mol. The van der Waals surface area contributed by atoms with E-state index < -0.39 is 0 Å². The second-order valence-corrected chi connectivity index (χ2v) is 4.81. The Labute approximate surface area is 95.3 Å². The average Bonchev–Trinajstić information content (AvgIpc) is 2.73. The van der Waals surface area contributed by atoms with Crippen molar-refractivity contribution >= 4 is 0 Å². The standard InChI is InChI=1S/C13H18FNO/c1-9-6-10(11(14)7-12(9)16)13(8-15)4-2-3-5-13/h6-7,16H,2-5,8,15H2,1H3. The summed E-state index contributed by atoms with van der Waals surface area (Å²) in [5.74, 6) is -0.304. The van der Waals surface area contributed by atoms with Gasteiger partial charge in [-0.25, -0.2) is 4.39 Å². The van der Waals surface area contributed by atoms with E-state index in [4.69, 9.17) is 5.73 Å². The zero-order chi connectivity index (χ0) is 11.8. The quantitative estimate of drug-likeness (QED) is 0.809. The van der Waals surface area contributed by atoms with Crippen LogP contribution in [0.15, 0.2) is 12.1 Å². The molecule has 0 amide bonds. The molecule has 1 aromatic rings. The van der Waals surface area contributed by atoms with Crippen molar-refractivity contribution in [3.05, 3.63) is 29.1 Å². The predicted molar refractivity (Wildman–Crippen MR) is 62.0 cm³/mol. The van der Waals surface area contributed by atoms with Gasteiger partial charge in [-0.1, -0.05) is 12.8 Å². The van der Waals surface area contributed by atoms with Gasteiger partial charge < -0.3 is 10.8 Å². The molecule has 1 saturated carbocycles. The molecule has 2 rings (SSSR count). The fourth-order valence-electron chi connectivity index (χ4n) is 2.71. The van der Waals surface area contributed by atoms with Gasteiger partial charge in [-0.05, 0) is 37.0 Å². The summed E-state index contributed by atoms with van der Waals surface area (Å²) in [5.41, 5.74) is 7.02. The first kappa shape index (κ1) is 11.4. The van der Waals surface area contributed by atoms with Gasteiger partial charge >= 0.3 is 0 Å². The van der Waals surface area contributed by atoms with Gasteiger partial charge in [0.05, 0.1) is 0 Å². The van der Waals surface area contributed by atoms with Gasteiger partial charge in [-0.2, -0.15) is 0 Å². The molecule has 1 fully saturated rings. The second-order valence-electron chi connectivity index (χ2n) is 4.81. The van der Waals surface area contributed by atoms with E-state index in [1.165, 1.54) is 6.07 Å². The fourth-order valence-corrected chi connectivity index (χ4v) is 2.71. The highest BCUT2D eigenvalue weighted by Crippen LogP contribution is 2.42. The number of benzene rings is 1. The topological polar surface area (TPSA) is 46.2 Å². The lowest BCUT2D eigenvalue weighted by molar-refractivity contribution is 0.418. The molecule has 88 valence electrons. The first-order valence-corrected chi connectivity index (χ1v) is 5.79. The Kier molecular flexibility index (Phi) is 2.89. The van der Waals surface area contributed by atoms with Crippen LogP contribution < -0.4 is 5.73 Å². The summed E-state index contributed by atoms with van der Waals surface area (Å²) >= 11 is 0. The summed E-state index contributed by atoms with van der Waals surface area (Å²) in [6.45, 7) is 2.27. The van der Waals surface area contributed by atoms with E-state index in [0.29, 0.717) is 12.1 Å². The summed E-state index contributed by atoms with van der Waals surface area (Å²) in [6.07, 6.45) is 4.11. The molecule has 0 radical (unpaired) electrons. The van der Waals surface area contributed by atoms with Crippen LogP contribution in [-0.4, -0.2) is 11.7 Å². The summed E-state index contributed by atoms with van der Waals surface area (Å²) in [4.78, 5) is 0. The summed E-state index contributed by atoms with van der Waals surface area (Å²) in [5, 5.41) is 9.45. The van der Waals surface area contributed by atoms with Crippen molar-refractivity contribution in [2.45, 2.75) is 38.0 Å². The van der Waals surface area contributed by atoms with Crippen LogP contribution in [0.3, 0.4) is 0 Å². The van der Waals surface area contributed by atoms with Gasteiger partial charge in [-0.15, -0.1) is 0 Å². The van der Waals surface area contributed by atoms with Crippen molar-refractivity contribution in [2.24, 2.45) is 5.73 Å². The number of halogens is 1. The van der Waals surface area contributed by atoms with Gasteiger partial charge in [0.2, 0.25) is 0 Å². The van der Waals surface area contributed by atoms with Crippen LogP contribution in [0.4, 0.5) is 4.39 Å². The minimum atomic E-state index is -0.324. The Hall–Kier alpha value is -1.09. The minimum Gasteiger partial charge on any atom is -0.508 e. The predicted octanol–water partition coefficient (Wildman–Crippen LogP) is 2.61. The minimum absolute atomic E-state index is 0.0198. The molecule has 1 aliphatic carbocycles. The molecule has 0 bridgehead atoms. The maximum atomic E-state index is 13.9. The number of aryl methyl sites for hydroxylation is 1. The number of hydrogen-bond donors (Lipinski definition) is 2. The van der Waals surface area contributed by atoms with Gasteiger partial charge in [0.15, 0.2) is 0 Å². The highest BCUT2D eigenvalue weighted by atomic mass is 19.1. The van der Waals surface area contributed by atoms with Crippen LogP contribution in [0.25, 0.3) is 0 Å². The molecule has 16 heavy (non-hydrogen) atoms. The van der Waals surface area contributed by atoms with Crippen molar-refractivity contribution in [1.29, 1.82) is 0 Å². The molecule has 1 aliphatic rings. The smallest absolute Gasteiger partial charge is 0.130 e. The van der Waals surface area contributed by atoms with E-state index >= 15 is 0 Å². The van der Waals surface area contributed by atoms with Gasteiger partial charge in [0.1, 0.15) is 11.6 Å². The Morgan fingerprint density at radius 2 is 2.00 bits per heavy atom. The van der Waals surface area contributed by atoms with E-state index in [-0.39, 0.29) is 17.0 Å². The largest absolute Gasteiger partial charge is 0.508 e. The molecular formula is C13H18FNO. The number of phenols is 1. The molecule has 0 aliphatic heterocycles. The van der Waals surface area contributed by atoms with E-state index in [2.05, 4.69) is 0 Å². The van der Waals surface area contributed by atoms with Crippen molar-refractivity contribution in [2.75, 3.05) is 6.54 Å². The molecule has 0 heterocycles. The summed E-state index contributed by atoms with van der Waals surface area (Å²) < 4.78 is 13.9. The third-order valence-corrected chi connectivity index (χ3v) is 3.81. The van der Waals surface area contributed by atoms with Crippen LogP contribution in [0.5, 0.6) is 5.75 Å². The first-order valence-electron chi connectivity index (χ1n) is 5.79. The van der Waals surface area contributed by atoms with Crippen molar-refractivity contribution in [3.8, 4) is 5.75 Å². The molecule has 3 N–H and O–H groups in total. The van der Waals surface area contributed by atoms with Gasteiger partial charge in [0, 0.05) is 18.0 Å². The number of aromatic hydroxyl groups is 1. The molecule has 0 atom stereocenters. The zero-order valence-electron chi connectivity index (χ0n) is 9.59. The van der Waals surface area contributed by atoms with Crippen molar-refractivity contribution < 1.29 is 9.50 Å². The lowest BCUT2D eigenvalue weighted by Gasteiger charge is -2.28. The molecule has 3 heteroatoms.